The second-order valence-corrected chi connectivity index (χ2v) is 9.26. The molecule has 15 heteroatoms. The molecule has 0 saturated carbocycles. The van der Waals surface area contributed by atoms with E-state index >= 15 is 0 Å². The molecular formula is C23H22F5N7O2S. The number of hydrogen-bond acceptors (Lipinski definition) is 8. The normalized spacial score (nSPS) is 14.4. The number of carbonyl (C=O) groups excluding carboxylic acids is 2. The SMILES string of the molecule is Cc1nsc(Nc2ccc(C(=O)N3CCN(CCC(F)(F)F)CC3)nn2)c1C(=O)Nc1ccc(F)c(F)c1. The minimum absolute atomic E-state index is 0.0642. The van der Waals surface area contributed by atoms with Crippen LogP contribution >= 0.6 is 11.5 Å². The molecular weight excluding hydrogens is 533 g/mol. The Hall–Kier alpha value is -3.72. The number of alkyl halides is 3. The molecule has 3 aromatic rings. The zero-order valence-electron chi connectivity index (χ0n) is 20.0. The van der Waals surface area contributed by atoms with E-state index in [0.717, 1.165) is 23.7 Å². The number of benzene rings is 1. The predicted octanol–water partition coefficient (Wildman–Crippen LogP) is 4.23. The van der Waals surface area contributed by atoms with Crippen LogP contribution in [0.25, 0.3) is 0 Å². The van der Waals surface area contributed by atoms with Crippen molar-refractivity contribution in [3.63, 3.8) is 0 Å². The van der Waals surface area contributed by atoms with Gasteiger partial charge in [-0.05, 0) is 42.7 Å². The number of nitrogens with one attached hydrogen (secondary N) is 2. The van der Waals surface area contributed by atoms with Crippen LogP contribution in [-0.4, -0.2) is 75.1 Å². The van der Waals surface area contributed by atoms with E-state index in [4.69, 9.17) is 0 Å². The third kappa shape index (κ3) is 6.77. The fourth-order valence-electron chi connectivity index (χ4n) is 3.74. The largest absolute Gasteiger partial charge is 0.390 e. The number of rotatable bonds is 7. The van der Waals surface area contributed by atoms with Crippen molar-refractivity contribution in [1.82, 2.24) is 24.4 Å². The van der Waals surface area contributed by atoms with E-state index in [9.17, 15) is 31.5 Å². The zero-order valence-corrected chi connectivity index (χ0v) is 20.8. The van der Waals surface area contributed by atoms with Crippen LogP contribution in [0.2, 0.25) is 0 Å². The average Bonchev–Trinajstić information content (AvgIpc) is 3.24. The van der Waals surface area contributed by atoms with E-state index in [1.807, 2.05) is 0 Å². The number of amides is 2. The Labute approximate surface area is 217 Å². The van der Waals surface area contributed by atoms with Gasteiger partial charge in [0, 0.05) is 44.5 Å². The summed E-state index contributed by atoms with van der Waals surface area (Å²) in [5.41, 5.74) is 0.696. The molecule has 3 heterocycles. The number of aromatic nitrogens is 3. The molecule has 0 atom stereocenters. The number of anilines is 3. The molecule has 202 valence electrons. The molecule has 2 aromatic heterocycles. The van der Waals surface area contributed by atoms with Crippen LogP contribution in [0.1, 0.15) is 33.0 Å². The molecule has 2 N–H and O–H groups in total. The minimum Gasteiger partial charge on any atom is -0.335 e. The third-order valence-corrected chi connectivity index (χ3v) is 6.62. The Bertz CT molecular complexity index is 1310. The van der Waals surface area contributed by atoms with E-state index in [2.05, 4.69) is 25.2 Å². The highest BCUT2D eigenvalue weighted by atomic mass is 32.1. The van der Waals surface area contributed by atoms with E-state index in [0.29, 0.717) is 23.8 Å². The maximum absolute atomic E-state index is 13.5. The summed E-state index contributed by atoms with van der Waals surface area (Å²) in [6.45, 7) is 2.70. The summed E-state index contributed by atoms with van der Waals surface area (Å²) in [5, 5.41) is 13.7. The van der Waals surface area contributed by atoms with Crippen molar-refractivity contribution in [2.75, 3.05) is 43.4 Å². The molecule has 1 fully saturated rings. The van der Waals surface area contributed by atoms with Gasteiger partial charge in [-0.2, -0.15) is 17.5 Å². The molecule has 1 aliphatic heterocycles. The van der Waals surface area contributed by atoms with Gasteiger partial charge in [-0.25, -0.2) is 8.78 Å². The van der Waals surface area contributed by atoms with E-state index < -0.39 is 30.1 Å². The number of carbonyl (C=O) groups is 2. The molecule has 0 radical (unpaired) electrons. The van der Waals surface area contributed by atoms with Crippen LogP contribution in [0, 0.1) is 18.6 Å². The smallest absolute Gasteiger partial charge is 0.335 e. The molecule has 1 aliphatic rings. The van der Waals surface area contributed by atoms with Crippen molar-refractivity contribution in [2.24, 2.45) is 0 Å². The monoisotopic (exact) mass is 555 g/mol. The van der Waals surface area contributed by atoms with Gasteiger partial charge in [0.05, 0.1) is 17.7 Å². The maximum Gasteiger partial charge on any atom is 0.390 e. The standard InChI is InChI=1S/C23H22F5N7O2S/c1-13-19(20(36)29-14-2-3-15(24)16(25)12-14)21(38-33-13)30-18-5-4-17(31-32-18)22(37)35-10-8-34(9-11-35)7-6-23(26,27)28/h2-5,12H,6-11H2,1H3,(H,29,36)(H,30,32). The lowest BCUT2D eigenvalue weighted by Gasteiger charge is -2.34. The van der Waals surface area contributed by atoms with Crippen molar-refractivity contribution in [1.29, 1.82) is 0 Å². The van der Waals surface area contributed by atoms with Gasteiger partial charge in [-0.1, -0.05) is 0 Å². The highest BCUT2D eigenvalue weighted by molar-refractivity contribution is 7.10. The quantitative estimate of drug-likeness (QED) is 0.421. The third-order valence-electron chi connectivity index (χ3n) is 5.76. The number of aryl methyl sites for hydroxylation is 1. The molecule has 0 unspecified atom stereocenters. The van der Waals surface area contributed by atoms with Crippen LogP contribution < -0.4 is 10.6 Å². The topological polar surface area (TPSA) is 103 Å². The lowest BCUT2D eigenvalue weighted by atomic mass is 10.2. The maximum atomic E-state index is 13.5. The first-order valence-electron chi connectivity index (χ1n) is 11.4. The van der Waals surface area contributed by atoms with E-state index in [1.165, 1.54) is 23.1 Å². The molecule has 38 heavy (non-hydrogen) atoms. The molecule has 0 bridgehead atoms. The number of halogens is 5. The van der Waals surface area contributed by atoms with Crippen molar-refractivity contribution < 1.29 is 31.5 Å². The van der Waals surface area contributed by atoms with Gasteiger partial charge < -0.3 is 15.5 Å². The summed E-state index contributed by atoms with van der Waals surface area (Å²) in [4.78, 5) is 28.7. The Balaban J connectivity index is 1.36. The first-order valence-corrected chi connectivity index (χ1v) is 12.2. The Morgan fingerprint density at radius 1 is 1.03 bits per heavy atom. The Morgan fingerprint density at radius 3 is 2.39 bits per heavy atom. The zero-order chi connectivity index (χ0) is 27.4. The number of hydrogen-bond donors (Lipinski definition) is 2. The second-order valence-electron chi connectivity index (χ2n) is 8.48. The van der Waals surface area contributed by atoms with Gasteiger partial charge >= 0.3 is 6.18 Å². The summed E-state index contributed by atoms with van der Waals surface area (Å²) in [6, 6.07) is 5.92. The van der Waals surface area contributed by atoms with Gasteiger partial charge in [0.15, 0.2) is 23.1 Å². The fraction of sp³-hybridized carbons (Fsp3) is 0.348. The lowest BCUT2D eigenvalue weighted by Crippen LogP contribution is -2.49. The minimum atomic E-state index is -4.22. The summed E-state index contributed by atoms with van der Waals surface area (Å²) in [7, 11) is 0. The average molecular weight is 556 g/mol. The number of piperazine rings is 1. The van der Waals surface area contributed by atoms with E-state index in [-0.39, 0.29) is 48.3 Å². The molecule has 1 aromatic carbocycles. The molecule has 1 saturated heterocycles. The van der Waals surface area contributed by atoms with Crippen molar-refractivity contribution >= 4 is 39.9 Å². The van der Waals surface area contributed by atoms with Crippen molar-refractivity contribution in [3.05, 3.63) is 58.9 Å². The van der Waals surface area contributed by atoms with Gasteiger partial charge in [0.1, 0.15) is 5.00 Å². The molecule has 4 rings (SSSR count). The first kappa shape index (κ1) is 27.3. The van der Waals surface area contributed by atoms with Gasteiger partial charge in [-0.3, -0.25) is 14.5 Å². The molecule has 0 spiro atoms. The van der Waals surface area contributed by atoms with Gasteiger partial charge in [0.2, 0.25) is 0 Å². The Kier molecular flexibility index (Phi) is 8.16. The van der Waals surface area contributed by atoms with Crippen molar-refractivity contribution in [3.8, 4) is 0 Å². The van der Waals surface area contributed by atoms with Crippen LogP contribution in [0.5, 0.6) is 0 Å². The van der Waals surface area contributed by atoms with Crippen molar-refractivity contribution in [2.45, 2.75) is 19.5 Å². The fourth-order valence-corrected chi connectivity index (χ4v) is 4.54. The van der Waals surface area contributed by atoms with Crippen LogP contribution in [-0.2, 0) is 0 Å². The van der Waals surface area contributed by atoms with Gasteiger partial charge in [0.25, 0.3) is 11.8 Å². The van der Waals surface area contributed by atoms with Crippen LogP contribution in [0.4, 0.5) is 38.5 Å². The summed E-state index contributed by atoms with van der Waals surface area (Å²) in [5.74, 6) is -2.90. The summed E-state index contributed by atoms with van der Waals surface area (Å²) < 4.78 is 68.1. The van der Waals surface area contributed by atoms with E-state index in [1.54, 1.807) is 11.8 Å². The first-order chi connectivity index (χ1) is 18.0. The van der Waals surface area contributed by atoms with Crippen LogP contribution in [0.15, 0.2) is 30.3 Å². The summed E-state index contributed by atoms with van der Waals surface area (Å²) in [6.07, 6.45) is -5.11. The number of nitrogens with zero attached hydrogens (tertiary/aromatic N) is 5. The molecule has 2 amide bonds. The summed E-state index contributed by atoms with van der Waals surface area (Å²) >= 11 is 0.980. The Morgan fingerprint density at radius 2 is 1.76 bits per heavy atom. The highest BCUT2D eigenvalue weighted by Crippen LogP contribution is 2.28. The molecule has 0 aliphatic carbocycles. The highest BCUT2D eigenvalue weighted by Gasteiger charge is 2.30. The predicted molar refractivity (Wildman–Crippen MR) is 129 cm³/mol. The lowest BCUT2D eigenvalue weighted by molar-refractivity contribution is -0.138. The second kappa shape index (κ2) is 11.3. The van der Waals surface area contributed by atoms with Gasteiger partial charge in [-0.15, -0.1) is 10.2 Å². The van der Waals surface area contributed by atoms with Crippen LogP contribution in [0.3, 0.4) is 0 Å². The molecule has 9 nitrogen and oxygen atoms in total.